The molecule has 8 nitrogen and oxygen atoms in total. The zero-order valence-corrected chi connectivity index (χ0v) is 20.1. The van der Waals surface area contributed by atoms with Crippen LogP contribution >= 0.6 is 11.8 Å². The molecule has 1 aromatic carbocycles. The maximum Gasteiger partial charge on any atom is 0.243 e. The second kappa shape index (κ2) is 10.4. The Balaban J connectivity index is 1.34. The summed E-state index contributed by atoms with van der Waals surface area (Å²) in [4.78, 5) is 17.2. The van der Waals surface area contributed by atoms with Crippen molar-refractivity contribution in [1.29, 1.82) is 0 Å². The summed E-state index contributed by atoms with van der Waals surface area (Å²) in [6.07, 6.45) is 8.82. The molecule has 0 unspecified atom stereocenters. The van der Waals surface area contributed by atoms with Crippen LogP contribution in [0.4, 0.5) is 5.69 Å². The smallest absolute Gasteiger partial charge is 0.243 e. The molecule has 174 valence electrons. The van der Waals surface area contributed by atoms with Crippen molar-refractivity contribution in [2.24, 2.45) is 5.92 Å². The molecular weight excluding hydrogens is 446 g/mol. The normalized spacial score (nSPS) is 18.2. The highest BCUT2D eigenvalue weighted by atomic mass is 32.2. The molecule has 1 aliphatic heterocycles. The summed E-state index contributed by atoms with van der Waals surface area (Å²) in [6.45, 7) is 2.88. The molecule has 2 N–H and O–H groups in total. The molecule has 10 heteroatoms. The lowest BCUT2D eigenvalue weighted by atomic mass is 10.0. The van der Waals surface area contributed by atoms with Crippen LogP contribution in [0.15, 0.2) is 28.3 Å². The number of aryl methyl sites for hydroxylation is 1. The van der Waals surface area contributed by atoms with Crippen LogP contribution in [-0.4, -0.2) is 52.7 Å². The highest BCUT2D eigenvalue weighted by Crippen LogP contribution is 2.28. The molecule has 0 atom stereocenters. The van der Waals surface area contributed by atoms with Crippen molar-refractivity contribution in [3.8, 4) is 0 Å². The lowest BCUT2D eigenvalue weighted by molar-refractivity contribution is -0.113. The number of carbonyl (C=O) groups is 1. The number of sulfonamides is 1. The maximum absolute atomic E-state index is 13.1. The fourth-order valence-corrected chi connectivity index (χ4v) is 6.83. The minimum atomic E-state index is -3.56. The Morgan fingerprint density at radius 2 is 1.94 bits per heavy atom. The molecule has 2 aromatic rings. The molecule has 1 aliphatic carbocycles. The van der Waals surface area contributed by atoms with Crippen molar-refractivity contribution in [2.45, 2.75) is 68.3 Å². The van der Waals surface area contributed by atoms with Crippen LogP contribution in [0, 0.1) is 12.8 Å². The van der Waals surface area contributed by atoms with Gasteiger partial charge in [-0.3, -0.25) is 9.89 Å². The van der Waals surface area contributed by atoms with Gasteiger partial charge in [-0.25, -0.2) is 13.4 Å². The minimum Gasteiger partial charge on any atom is -0.325 e. The summed E-state index contributed by atoms with van der Waals surface area (Å²) in [6, 6.07) is 5.04. The van der Waals surface area contributed by atoms with E-state index < -0.39 is 10.0 Å². The van der Waals surface area contributed by atoms with Crippen LogP contribution < -0.4 is 5.32 Å². The topological polar surface area (TPSA) is 108 Å². The number of aromatic nitrogens is 3. The van der Waals surface area contributed by atoms with Gasteiger partial charge in [0.2, 0.25) is 21.1 Å². The van der Waals surface area contributed by atoms with Gasteiger partial charge in [-0.15, -0.1) is 5.10 Å². The third-order valence-electron chi connectivity index (χ3n) is 6.21. The average Bonchev–Trinajstić information content (AvgIpc) is 3.47. The molecule has 0 radical (unpaired) electrons. The van der Waals surface area contributed by atoms with Gasteiger partial charge in [0.05, 0.1) is 10.6 Å². The summed E-state index contributed by atoms with van der Waals surface area (Å²) in [5.74, 6) is 1.50. The predicted octanol–water partition coefficient (Wildman–Crippen LogP) is 3.75. The number of aromatic amines is 1. The van der Waals surface area contributed by atoms with Crippen LogP contribution in [0.1, 0.15) is 56.3 Å². The number of carbonyl (C=O) groups excluding carboxylic acids is 1. The molecule has 1 aromatic heterocycles. The van der Waals surface area contributed by atoms with Gasteiger partial charge in [-0.1, -0.05) is 49.9 Å². The van der Waals surface area contributed by atoms with Gasteiger partial charge >= 0.3 is 0 Å². The zero-order chi connectivity index (χ0) is 22.6. The molecule has 0 spiro atoms. The van der Waals surface area contributed by atoms with Gasteiger partial charge in [0, 0.05) is 25.2 Å². The Bertz CT molecular complexity index is 1040. The number of nitrogens with one attached hydrogen (secondary N) is 2. The third kappa shape index (κ3) is 5.71. The van der Waals surface area contributed by atoms with E-state index in [1.54, 1.807) is 29.4 Å². The monoisotopic (exact) mass is 477 g/mol. The third-order valence-corrected chi connectivity index (χ3v) is 9.09. The van der Waals surface area contributed by atoms with Crippen molar-refractivity contribution in [3.05, 3.63) is 29.6 Å². The van der Waals surface area contributed by atoms with Gasteiger partial charge in [-0.05, 0) is 43.4 Å². The number of piperidine rings is 1. The maximum atomic E-state index is 13.1. The number of hydrogen-bond acceptors (Lipinski definition) is 6. The number of amides is 1. The van der Waals surface area contributed by atoms with Gasteiger partial charge < -0.3 is 5.32 Å². The molecule has 2 fully saturated rings. The molecular formula is C22H31N5O3S2. The fraction of sp³-hybridized carbons (Fsp3) is 0.591. The Morgan fingerprint density at radius 3 is 2.69 bits per heavy atom. The second-order valence-electron chi connectivity index (χ2n) is 8.70. The van der Waals surface area contributed by atoms with E-state index in [0.717, 1.165) is 31.5 Å². The summed E-state index contributed by atoms with van der Waals surface area (Å²) in [5, 5.41) is 10.6. The van der Waals surface area contributed by atoms with E-state index in [1.807, 2.05) is 0 Å². The predicted molar refractivity (Wildman–Crippen MR) is 125 cm³/mol. The first-order valence-electron chi connectivity index (χ1n) is 11.4. The van der Waals surface area contributed by atoms with Gasteiger partial charge in [0.15, 0.2) is 0 Å². The van der Waals surface area contributed by atoms with E-state index >= 15 is 0 Å². The van der Waals surface area contributed by atoms with Gasteiger partial charge in [0.25, 0.3) is 0 Å². The standard InChI is InChI=1S/C22H31N5O3S2/c1-16-9-10-18(14-19(16)32(29,30)27-11-5-2-6-12-27)23-21(28)15-31-22-24-20(25-26-22)13-17-7-3-4-8-17/h9-10,14,17H,2-8,11-13,15H2,1H3,(H,23,28)(H,24,25,26). The summed E-state index contributed by atoms with van der Waals surface area (Å²) < 4.78 is 27.7. The minimum absolute atomic E-state index is 0.156. The largest absolute Gasteiger partial charge is 0.325 e. The first-order chi connectivity index (χ1) is 15.4. The van der Waals surface area contributed by atoms with Crippen LogP contribution in [-0.2, 0) is 21.2 Å². The van der Waals surface area contributed by atoms with E-state index in [-0.39, 0.29) is 16.6 Å². The Kier molecular flexibility index (Phi) is 7.52. The lowest BCUT2D eigenvalue weighted by Gasteiger charge is -2.26. The number of nitrogens with zero attached hydrogens (tertiary/aromatic N) is 3. The summed E-state index contributed by atoms with van der Waals surface area (Å²) in [7, 11) is -3.56. The van der Waals surface area contributed by atoms with Crippen molar-refractivity contribution in [3.63, 3.8) is 0 Å². The highest BCUT2D eigenvalue weighted by molar-refractivity contribution is 7.99. The lowest BCUT2D eigenvalue weighted by Crippen LogP contribution is -2.36. The van der Waals surface area contributed by atoms with E-state index in [2.05, 4.69) is 20.5 Å². The highest BCUT2D eigenvalue weighted by Gasteiger charge is 2.27. The van der Waals surface area contributed by atoms with Crippen LogP contribution in [0.25, 0.3) is 0 Å². The number of thioether (sulfide) groups is 1. The van der Waals surface area contributed by atoms with E-state index in [9.17, 15) is 13.2 Å². The first kappa shape index (κ1) is 23.3. The molecule has 4 rings (SSSR count). The molecule has 0 bridgehead atoms. The van der Waals surface area contributed by atoms with E-state index in [1.165, 1.54) is 37.4 Å². The Hall–Kier alpha value is -1.91. The Morgan fingerprint density at radius 1 is 1.19 bits per heavy atom. The summed E-state index contributed by atoms with van der Waals surface area (Å²) >= 11 is 1.27. The first-order valence-corrected chi connectivity index (χ1v) is 13.8. The van der Waals surface area contributed by atoms with Crippen LogP contribution in [0.2, 0.25) is 0 Å². The van der Waals surface area contributed by atoms with Crippen LogP contribution in [0.5, 0.6) is 0 Å². The molecule has 2 aliphatic rings. The summed E-state index contributed by atoms with van der Waals surface area (Å²) in [5.41, 5.74) is 1.16. The number of anilines is 1. The van der Waals surface area contributed by atoms with Crippen molar-refractivity contribution >= 4 is 33.4 Å². The van der Waals surface area contributed by atoms with Crippen molar-refractivity contribution < 1.29 is 13.2 Å². The molecule has 1 saturated carbocycles. The average molecular weight is 478 g/mol. The number of benzene rings is 1. The quantitative estimate of drug-likeness (QED) is 0.561. The number of H-pyrrole nitrogens is 1. The van der Waals surface area contributed by atoms with Gasteiger partial charge in [-0.2, -0.15) is 4.31 Å². The number of hydrogen-bond donors (Lipinski definition) is 2. The van der Waals surface area contributed by atoms with Crippen molar-refractivity contribution in [2.75, 3.05) is 24.2 Å². The zero-order valence-electron chi connectivity index (χ0n) is 18.5. The fourth-order valence-electron chi connectivity index (χ4n) is 4.45. The van der Waals surface area contributed by atoms with E-state index in [4.69, 9.17) is 0 Å². The van der Waals surface area contributed by atoms with E-state index in [0.29, 0.717) is 35.4 Å². The molecule has 1 amide bonds. The van der Waals surface area contributed by atoms with Crippen molar-refractivity contribution in [1.82, 2.24) is 19.5 Å². The molecule has 32 heavy (non-hydrogen) atoms. The van der Waals surface area contributed by atoms with Crippen LogP contribution in [0.3, 0.4) is 0 Å². The Labute approximate surface area is 194 Å². The van der Waals surface area contributed by atoms with Gasteiger partial charge in [0.1, 0.15) is 5.82 Å². The molecule has 1 saturated heterocycles. The SMILES string of the molecule is Cc1ccc(NC(=O)CSc2n[nH]c(CC3CCCC3)n2)cc1S(=O)(=O)N1CCCCC1. The number of rotatable bonds is 8. The molecule has 2 heterocycles. The second-order valence-corrected chi connectivity index (χ2v) is 11.6.